The van der Waals surface area contributed by atoms with Gasteiger partial charge in [0.1, 0.15) is 11.7 Å². The van der Waals surface area contributed by atoms with Crippen molar-refractivity contribution >= 4 is 11.5 Å². The largest absolute Gasteiger partial charge is 0.342 e. The minimum Gasteiger partial charge on any atom is -0.342 e. The van der Waals surface area contributed by atoms with Crippen molar-refractivity contribution in [3.8, 4) is 0 Å². The number of hydrogen-bond donors (Lipinski definition) is 2. The quantitative estimate of drug-likeness (QED) is 0.818. The standard InChI is InChI=1S/C20H25N3/c1-12-21-18-5-3-2-4-16(18)20(22-12)23-19-11-14-7-6-13-8-15(9-14)17(19)10-13/h2-5,13-15,17,19,21H,1,6-11H2,(H,22,23). The highest BCUT2D eigenvalue weighted by Crippen LogP contribution is 2.53. The Hall–Kier alpha value is -1.77. The molecule has 0 radical (unpaired) electrons. The Balaban J connectivity index is 1.51. The molecule has 5 rings (SSSR count). The van der Waals surface area contributed by atoms with Gasteiger partial charge in [0.15, 0.2) is 0 Å². The molecule has 3 nitrogen and oxygen atoms in total. The monoisotopic (exact) mass is 307 g/mol. The highest BCUT2D eigenvalue weighted by atomic mass is 15.2. The molecule has 3 heteroatoms. The van der Waals surface area contributed by atoms with Crippen molar-refractivity contribution < 1.29 is 0 Å². The number of rotatable bonds is 1. The zero-order valence-electron chi connectivity index (χ0n) is 13.6. The smallest absolute Gasteiger partial charge is 0.136 e. The number of aliphatic imine (C=N–C) groups is 1. The van der Waals surface area contributed by atoms with Gasteiger partial charge in [-0.3, -0.25) is 4.99 Å². The Morgan fingerprint density at radius 1 is 0.957 bits per heavy atom. The summed E-state index contributed by atoms with van der Waals surface area (Å²) in [6, 6.07) is 8.92. The Labute approximate surface area is 138 Å². The summed E-state index contributed by atoms with van der Waals surface area (Å²) in [5.74, 6) is 5.52. The van der Waals surface area contributed by atoms with Crippen LogP contribution in [0.15, 0.2) is 41.7 Å². The maximum absolute atomic E-state index is 5.25. The summed E-state index contributed by atoms with van der Waals surface area (Å²) in [5, 5.41) is 6.70. The van der Waals surface area contributed by atoms with Crippen LogP contribution in [0.25, 0.3) is 0 Å². The summed E-state index contributed by atoms with van der Waals surface area (Å²) < 4.78 is 0. The van der Waals surface area contributed by atoms with Gasteiger partial charge in [0.25, 0.3) is 0 Å². The van der Waals surface area contributed by atoms with Crippen LogP contribution in [0.3, 0.4) is 0 Å². The van der Waals surface area contributed by atoms with E-state index in [4.69, 9.17) is 4.99 Å². The SMILES string of the molecule is C=C1NC(=NC2CC3CCC4CC(C3)C2C4)c2ccccc2N1. The molecule has 3 fully saturated rings. The van der Waals surface area contributed by atoms with Gasteiger partial charge in [-0.2, -0.15) is 0 Å². The average Bonchev–Trinajstić information content (AvgIpc) is 2.86. The lowest BCUT2D eigenvalue weighted by Gasteiger charge is -2.38. The third kappa shape index (κ3) is 2.29. The van der Waals surface area contributed by atoms with E-state index in [0.717, 1.165) is 41.0 Å². The molecule has 1 aromatic rings. The van der Waals surface area contributed by atoms with Crippen molar-refractivity contribution in [2.75, 3.05) is 5.32 Å². The van der Waals surface area contributed by atoms with Gasteiger partial charge in [-0.25, -0.2) is 0 Å². The van der Waals surface area contributed by atoms with E-state index in [0.29, 0.717) is 6.04 Å². The van der Waals surface area contributed by atoms with E-state index in [1.165, 1.54) is 44.1 Å². The summed E-state index contributed by atoms with van der Waals surface area (Å²) in [4.78, 5) is 5.25. The molecule has 3 bridgehead atoms. The Bertz CT molecular complexity index is 677. The van der Waals surface area contributed by atoms with Gasteiger partial charge < -0.3 is 10.6 Å². The van der Waals surface area contributed by atoms with E-state index in [9.17, 15) is 0 Å². The summed E-state index contributed by atoms with van der Waals surface area (Å²) in [7, 11) is 0. The summed E-state index contributed by atoms with van der Waals surface area (Å²) >= 11 is 0. The molecule has 0 saturated heterocycles. The van der Waals surface area contributed by atoms with Gasteiger partial charge >= 0.3 is 0 Å². The molecule has 1 aliphatic heterocycles. The summed E-state index contributed by atoms with van der Waals surface area (Å²) in [5.41, 5.74) is 2.31. The molecule has 0 amide bonds. The molecule has 2 N–H and O–H groups in total. The first kappa shape index (κ1) is 13.6. The van der Waals surface area contributed by atoms with Crippen LogP contribution in [-0.4, -0.2) is 11.9 Å². The van der Waals surface area contributed by atoms with Gasteiger partial charge in [-0.15, -0.1) is 0 Å². The van der Waals surface area contributed by atoms with Crippen LogP contribution < -0.4 is 10.6 Å². The average molecular weight is 307 g/mol. The maximum Gasteiger partial charge on any atom is 0.136 e. The zero-order valence-corrected chi connectivity index (χ0v) is 13.6. The van der Waals surface area contributed by atoms with Crippen molar-refractivity contribution in [3.63, 3.8) is 0 Å². The fourth-order valence-corrected chi connectivity index (χ4v) is 5.62. The summed E-state index contributed by atoms with van der Waals surface area (Å²) in [6.07, 6.45) is 8.57. The predicted octanol–water partition coefficient (Wildman–Crippen LogP) is 4.13. The van der Waals surface area contributed by atoms with Gasteiger partial charge in [-0.1, -0.05) is 31.6 Å². The van der Waals surface area contributed by atoms with Crippen LogP contribution in [0.5, 0.6) is 0 Å². The van der Waals surface area contributed by atoms with Gasteiger partial charge in [0.2, 0.25) is 0 Å². The highest BCUT2D eigenvalue weighted by Gasteiger charge is 2.46. The minimum absolute atomic E-state index is 0.505. The number of amidine groups is 1. The molecule has 1 aromatic carbocycles. The zero-order chi connectivity index (χ0) is 15.4. The number of hydrogen-bond acceptors (Lipinski definition) is 2. The molecule has 0 spiro atoms. The van der Waals surface area contributed by atoms with E-state index in [1.54, 1.807) is 0 Å². The Morgan fingerprint density at radius 2 is 1.74 bits per heavy atom. The molecule has 1 heterocycles. The van der Waals surface area contributed by atoms with Gasteiger partial charge in [0, 0.05) is 5.56 Å². The van der Waals surface area contributed by atoms with Crippen molar-refractivity contribution in [1.29, 1.82) is 0 Å². The number of anilines is 1. The normalized spacial score (nSPS) is 39.6. The number of para-hydroxylation sites is 1. The molecular formula is C20H25N3. The molecule has 3 aliphatic carbocycles. The number of benzene rings is 1. The maximum atomic E-state index is 5.25. The Kier molecular flexibility index (Phi) is 3.04. The molecule has 5 atom stereocenters. The van der Waals surface area contributed by atoms with Gasteiger partial charge in [-0.05, 0) is 61.5 Å². The van der Waals surface area contributed by atoms with Crippen LogP contribution >= 0.6 is 0 Å². The molecule has 4 aliphatic rings. The van der Waals surface area contributed by atoms with Crippen molar-refractivity contribution in [2.45, 2.75) is 44.6 Å². The molecule has 3 saturated carbocycles. The summed E-state index contributed by atoms with van der Waals surface area (Å²) in [6.45, 7) is 4.06. The van der Waals surface area contributed by atoms with E-state index >= 15 is 0 Å². The van der Waals surface area contributed by atoms with E-state index in [1.807, 2.05) is 0 Å². The third-order valence-electron chi connectivity index (χ3n) is 6.57. The number of nitrogens with zero attached hydrogens (tertiary/aromatic N) is 1. The van der Waals surface area contributed by atoms with E-state index < -0.39 is 0 Å². The van der Waals surface area contributed by atoms with Crippen molar-refractivity contribution in [1.82, 2.24) is 5.32 Å². The van der Waals surface area contributed by atoms with E-state index in [2.05, 4.69) is 41.5 Å². The van der Waals surface area contributed by atoms with Crippen LogP contribution in [0.2, 0.25) is 0 Å². The fourth-order valence-electron chi connectivity index (χ4n) is 5.62. The van der Waals surface area contributed by atoms with Crippen LogP contribution in [0.4, 0.5) is 5.69 Å². The Morgan fingerprint density at radius 3 is 2.61 bits per heavy atom. The lowest BCUT2D eigenvalue weighted by Crippen LogP contribution is -2.38. The second kappa shape index (κ2) is 5.12. The lowest BCUT2D eigenvalue weighted by molar-refractivity contribution is 0.166. The first-order valence-electron chi connectivity index (χ1n) is 9.16. The third-order valence-corrected chi connectivity index (χ3v) is 6.57. The second-order valence-corrected chi connectivity index (χ2v) is 8.00. The molecule has 120 valence electrons. The van der Waals surface area contributed by atoms with Crippen LogP contribution in [-0.2, 0) is 0 Å². The topological polar surface area (TPSA) is 36.4 Å². The molecular weight excluding hydrogens is 282 g/mol. The lowest BCUT2D eigenvalue weighted by atomic mass is 9.71. The van der Waals surface area contributed by atoms with Crippen molar-refractivity contribution in [2.24, 2.45) is 28.7 Å². The van der Waals surface area contributed by atoms with Crippen molar-refractivity contribution in [3.05, 3.63) is 42.2 Å². The van der Waals surface area contributed by atoms with E-state index in [-0.39, 0.29) is 0 Å². The van der Waals surface area contributed by atoms with Crippen LogP contribution in [0, 0.1) is 23.7 Å². The molecule has 23 heavy (non-hydrogen) atoms. The fraction of sp³-hybridized carbons (Fsp3) is 0.550. The number of fused-ring (bicyclic) bond motifs is 3. The predicted molar refractivity (Wildman–Crippen MR) is 94.3 cm³/mol. The van der Waals surface area contributed by atoms with Gasteiger partial charge in [0.05, 0.1) is 11.7 Å². The number of nitrogens with one attached hydrogen (secondary N) is 2. The van der Waals surface area contributed by atoms with Crippen LogP contribution in [0.1, 0.15) is 44.1 Å². The first-order chi connectivity index (χ1) is 11.3. The molecule has 0 aromatic heterocycles. The highest BCUT2D eigenvalue weighted by molar-refractivity contribution is 6.06. The first-order valence-corrected chi connectivity index (χ1v) is 9.16. The minimum atomic E-state index is 0.505. The second-order valence-electron chi connectivity index (χ2n) is 8.00. The molecule has 5 unspecified atom stereocenters.